The molecule has 1 aromatic heterocycles. The standard InChI is InChI=1S/C21H23N3O3S2/c25-29(26,24-13-5-2-6-14-24)19-11-7-10-18(16-19)20-22-23-21(27-20)28-15-12-17-8-3-1-4-9-17/h1,3-4,7-11,16H,2,5-6,12-15H2. The van der Waals surface area contributed by atoms with Crippen molar-refractivity contribution in [2.75, 3.05) is 18.8 Å². The highest BCUT2D eigenvalue weighted by molar-refractivity contribution is 7.99. The molecule has 4 rings (SSSR count). The Labute approximate surface area is 175 Å². The number of benzene rings is 2. The van der Waals surface area contributed by atoms with E-state index < -0.39 is 10.0 Å². The van der Waals surface area contributed by atoms with Gasteiger partial charge in [-0.3, -0.25) is 0 Å². The van der Waals surface area contributed by atoms with E-state index in [4.69, 9.17) is 4.42 Å². The molecule has 0 spiro atoms. The quantitative estimate of drug-likeness (QED) is 0.523. The lowest BCUT2D eigenvalue weighted by Gasteiger charge is -2.25. The molecule has 0 atom stereocenters. The lowest BCUT2D eigenvalue weighted by Crippen LogP contribution is -2.35. The Morgan fingerprint density at radius 2 is 1.76 bits per heavy atom. The van der Waals surface area contributed by atoms with Gasteiger partial charge in [-0.2, -0.15) is 4.31 Å². The van der Waals surface area contributed by atoms with Crippen molar-refractivity contribution < 1.29 is 12.8 Å². The molecular formula is C21H23N3O3S2. The normalized spacial score (nSPS) is 15.4. The molecule has 6 nitrogen and oxygen atoms in total. The molecule has 0 aliphatic carbocycles. The van der Waals surface area contributed by atoms with Crippen LogP contribution in [0.2, 0.25) is 0 Å². The third-order valence-corrected chi connectivity index (χ3v) is 7.61. The first-order valence-electron chi connectivity index (χ1n) is 9.74. The van der Waals surface area contributed by atoms with Gasteiger partial charge in [0.25, 0.3) is 5.22 Å². The number of hydrogen-bond donors (Lipinski definition) is 0. The average Bonchev–Trinajstić information content (AvgIpc) is 3.24. The van der Waals surface area contributed by atoms with E-state index in [0.29, 0.717) is 29.8 Å². The summed E-state index contributed by atoms with van der Waals surface area (Å²) in [6.07, 6.45) is 3.81. The van der Waals surface area contributed by atoms with Crippen molar-refractivity contribution in [3.8, 4) is 11.5 Å². The van der Waals surface area contributed by atoms with Crippen LogP contribution in [0.25, 0.3) is 11.5 Å². The zero-order chi connectivity index (χ0) is 20.1. The fraction of sp³-hybridized carbons (Fsp3) is 0.333. The molecule has 2 aromatic carbocycles. The molecule has 29 heavy (non-hydrogen) atoms. The molecule has 1 aliphatic rings. The molecule has 0 unspecified atom stereocenters. The van der Waals surface area contributed by atoms with Crippen molar-refractivity contribution in [2.45, 2.75) is 35.8 Å². The highest BCUT2D eigenvalue weighted by Gasteiger charge is 2.26. The predicted molar refractivity (Wildman–Crippen MR) is 113 cm³/mol. The molecule has 152 valence electrons. The monoisotopic (exact) mass is 429 g/mol. The average molecular weight is 430 g/mol. The minimum Gasteiger partial charge on any atom is -0.411 e. The highest BCUT2D eigenvalue weighted by atomic mass is 32.2. The summed E-state index contributed by atoms with van der Waals surface area (Å²) in [5, 5.41) is 8.68. The first-order chi connectivity index (χ1) is 14.1. The van der Waals surface area contributed by atoms with Crippen LogP contribution in [0.3, 0.4) is 0 Å². The molecule has 0 N–H and O–H groups in total. The fourth-order valence-corrected chi connectivity index (χ4v) is 5.64. The molecule has 0 amide bonds. The Morgan fingerprint density at radius 1 is 0.966 bits per heavy atom. The number of piperidine rings is 1. The third-order valence-electron chi connectivity index (χ3n) is 4.90. The van der Waals surface area contributed by atoms with E-state index in [1.54, 1.807) is 28.6 Å². The first kappa shape index (κ1) is 20.1. The Morgan fingerprint density at radius 3 is 2.55 bits per heavy atom. The predicted octanol–water partition coefficient (Wildman–Crippen LogP) is 4.25. The van der Waals surface area contributed by atoms with E-state index in [9.17, 15) is 8.42 Å². The van der Waals surface area contributed by atoms with Gasteiger partial charge in [0.15, 0.2) is 0 Å². The first-order valence-corrected chi connectivity index (χ1v) is 12.2. The van der Waals surface area contributed by atoms with Crippen molar-refractivity contribution in [3.63, 3.8) is 0 Å². The summed E-state index contributed by atoms with van der Waals surface area (Å²) in [6, 6.07) is 17.0. The second-order valence-corrected chi connectivity index (χ2v) is 9.93. The van der Waals surface area contributed by atoms with Crippen LogP contribution in [0, 0.1) is 0 Å². The SMILES string of the molecule is O=S(=O)(c1cccc(-c2nnc(SCCc3ccccc3)o2)c1)N1CCCCC1. The Kier molecular flexibility index (Phi) is 6.32. The minimum atomic E-state index is -3.49. The number of rotatable bonds is 7. The summed E-state index contributed by atoms with van der Waals surface area (Å²) in [7, 11) is -3.49. The molecule has 0 radical (unpaired) electrons. The van der Waals surface area contributed by atoms with E-state index in [2.05, 4.69) is 22.3 Å². The van der Waals surface area contributed by atoms with Gasteiger partial charge in [-0.25, -0.2) is 8.42 Å². The number of thioether (sulfide) groups is 1. The van der Waals surface area contributed by atoms with Crippen molar-refractivity contribution >= 4 is 21.8 Å². The van der Waals surface area contributed by atoms with E-state index in [1.165, 1.54) is 17.3 Å². The van der Waals surface area contributed by atoms with Crippen molar-refractivity contribution in [1.82, 2.24) is 14.5 Å². The number of nitrogens with zero attached hydrogens (tertiary/aromatic N) is 3. The van der Waals surface area contributed by atoms with Crippen LogP contribution in [0.4, 0.5) is 0 Å². The summed E-state index contributed by atoms with van der Waals surface area (Å²) >= 11 is 1.50. The molecule has 2 heterocycles. The maximum absolute atomic E-state index is 12.9. The third kappa shape index (κ3) is 4.88. The van der Waals surface area contributed by atoms with Crippen molar-refractivity contribution in [1.29, 1.82) is 0 Å². The summed E-state index contributed by atoms with van der Waals surface area (Å²) in [6.45, 7) is 1.16. The largest absolute Gasteiger partial charge is 0.411 e. The molecule has 0 bridgehead atoms. The molecule has 3 aromatic rings. The maximum atomic E-state index is 12.9. The van der Waals surface area contributed by atoms with Gasteiger partial charge >= 0.3 is 0 Å². The molecule has 0 saturated carbocycles. The number of aromatic nitrogens is 2. The Bertz CT molecular complexity index is 1050. The van der Waals surface area contributed by atoms with Crippen LogP contribution < -0.4 is 0 Å². The summed E-state index contributed by atoms with van der Waals surface area (Å²) < 4.78 is 33.1. The van der Waals surface area contributed by atoms with Gasteiger partial charge in [-0.15, -0.1) is 10.2 Å². The van der Waals surface area contributed by atoms with Crippen LogP contribution in [0.1, 0.15) is 24.8 Å². The van der Waals surface area contributed by atoms with Gasteiger partial charge in [-0.1, -0.05) is 54.6 Å². The maximum Gasteiger partial charge on any atom is 0.276 e. The van der Waals surface area contributed by atoms with E-state index >= 15 is 0 Å². The van der Waals surface area contributed by atoms with E-state index in [0.717, 1.165) is 31.4 Å². The Balaban J connectivity index is 1.44. The van der Waals surface area contributed by atoms with Crippen molar-refractivity contribution in [2.24, 2.45) is 0 Å². The van der Waals surface area contributed by atoms with Crippen LogP contribution in [-0.4, -0.2) is 41.8 Å². The number of sulfonamides is 1. The molecule has 1 aliphatic heterocycles. The van der Waals surface area contributed by atoms with Crippen LogP contribution in [0.5, 0.6) is 0 Å². The van der Waals surface area contributed by atoms with Gasteiger partial charge < -0.3 is 4.42 Å². The van der Waals surface area contributed by atoms with Crippen LogP contribution >= 0.6 is 11.8 Å². The molecular weight excluding hydrogens is 406 g/mol. The van der Waals surface area contributed by atoms with Gasteiger partial charge in [0.1, 0.15) is 0 Å². The summed E-state index contributed by atoms with van der Waals surface area (Å²) in [5.41, 5.74) is 1.88. The molecule has 1 fully saturated rings. The zero-order valence-electron chi connectivity index (χ0n) is 16.0. The second-order valence-electron chi connectivity index (χ2n) is 6.95. The second kappa shape index (κ2) is 9.11. The van der Waals surface area contributed by atoms with Gasteiger partial charge in [-0.05, 0) is 43.0 Å². The summed E-state index contributed by atoms with van der Waals surface area (Å²) in [5.74, 6) is 1.16. The topological polar surface area (TPSA) is 76.3 Å². The lowest BCUT2D eigenvalue weighted by molar-refractivity contribution is 0.346. The molecule has 1 saturated heterocycles. The van der Waals surface area contributed by atoms with Crippen molar-refractivity contribution in [3.05, 3.63) is 60.2 Å². The van der Waals surface area contributed by atoms with E-state index in [-0.39, 0.29) is 4.90 Å². The number of aryl methyl sites for hydroxylation is 1. The summed E-state index contributed by atoms with van der Waals surface area (Å²) in [4.78, 5) is 0.272. The smallest absolute Gasteiger partial charge is 0.276 e. The zero-order valence-corrected chi connectivity index (χ0v) is 17.7. The number of hydrogen-bond acceptors (Lipinski definition) is 6. The highest BCUT2D eigenvalue weighted by Crippen LogP contribution is 2.27. The fourth-order valence-electron chi connectivity index (χ4n) is 3.33. The van der Waals surface area contributed by atoms with Crippen LogP contribution in [-0.2, 0) is 16.4 Å². The minimum absolute atomic E-state index is 0.272. The van der Waals surface area contributed by atoms with Crippen LogP contribution in [0.15, 0.2) is 69.1 Å². The van der Waals surface area contributed by atoms with Gasteiger partial charge in [0.2, 0.25) is 15.9 Å². The Hall–Kier alpha value is -2.16. The molecule has 8 heteroatoms. The lowest BCUT2D eigenvalue weighted by atomic mass is 10.2. The van der Waals surface area contributed by atoms with Gasteiger partial charge in [0, 0.05) is 24.4 Å². The van der Waals surface area contributed by atoms with Gasteiger partial charge in [0.05, 0.1) is 4.90 Å². The van der Waals surface area contributed by atoms with E-state index in [1.807, 2.05) is 18.2 Å².